The predicted octanol–water partition coefficient (Wildman–Crippen LogP) is 3.02. The van der Waals surface area contributed by atoms with Crippen LogP contribution in [-0.4, -0.2) is 22.4 Å². The standard InChI is InChI=1S/C18H18N4O4/c1-11-16(5-4-6-17(11)22(25)26)18(24)21-20-12(2)14-7-9-15(10-8-14)19-13(3)23/h4-10H,1-3H3,(H,19,23)(H,21,24)/b20-12-. The number of amides is 2. The third kappa shape index (κ3) is 4.50. The van der Waals surface area contributed by atoms with Crippen molar-refractivity contribution in [2.45, 2.75) is 20.8 Å². The molecule has 2 aromatic carbocycles. The van der Waals surface area contributed by atoms with Crippen molar-refractivity contribution in [3.8, 4) is 0 Å². The Morgan fingerprint density at radius 3 is 2.31 bits per heavy atom. The number of rotatable bonds is 5. The number of nitro benzene ring substituents is 1. The van der Waals surface area contributed by atoms with Crippen LogP contribution in [0.2, 0.25) is 0 Å². The number of anilines is 1. The first-order valence-corrected chi connectivity index (χ1v) is 7.76. The van der Waals surface area contributed by atoms with E-state index in [1.165, 1.54) is 32.0 Å². The van der Waals surface area contributed by atoms with Gasteiger partial charge in [0.05, 0.1) is 16.2 Å². The molecule has 2 aromatic rings. The fourth-order valence-electron chi connectivity index (χ4n) is 2.32. The molecule has 0 aromatic heterocycles. The first-order valence-electron chi connectivity index (χ1n) is 7.76. The van der Waals surface area contributed by atoms with E-state index in [1.54, 1.807) is 31.2 Å². The van der Waals surface area contributed by atoms with E-state index in [-0.39, 0.29) is 22.7 Å². The molecule has 2 amide bonds. The zero-order chi connectivity index (χ0) is 19.3. The van der Waals surface area contributed by atoms with E-state index >= 15 is 0 Å². The van der Waals surface area contributed by atoms with Gasteiger partial charge in [0, 0.05) is 24.2 Å². The third-order valence-electron chi connectivity index (χ3n) is 3.69. The second-order valence-electron chi connectivity index (χ2n) is 5.60. The van der Waals surface area contributed by atoms with Gasteiger partial charge < -0.3 is 5.32 Å². The van der Waals surface area contributed by atoms with Crippen molar-refractivity contribution < 1.29 is 14.5 Å². The largest absolute Gasteiger partial charge is 0.326 e. The van der Waals surface area contributed by atoms with Gasteiger partial charge in [-0.05, 0) is 37.6 Å². The van der Waals surface area contributed by atoms with E-state index in [0.717, 1.165) is 5.56 Å². The lowest BCUT2D eigenvalue weighted by Gasteiger charge is -2.07. The number of nitrogens with zero attached hydrogens (tertiary/aromatic N) is 2. The number of carbonyl (C=O) groups excluding carboxylic acids is 2. The lowest BCUT2D eigenvalue weighted by Crippen LogP contribution is -2.20. The van der Waals surface area contributed by atoms with Gasteiger partial charge >= 0.3 is 0 Å². The molecule has 134 valence electrons. The summed E-state index contributed by atoms with van der Waals surface area (Å²) in [4.78, 5) is 33.7. The van der Waals surface area contributed by atoms with Crippen molar-refractivity contribution in [2.24, 2.45) is 5.10 Å². The number of hydrogen-bond acceptors (Lipinski definition) is 5. The van der Waals surface area contributed by atoms with Crippen LogP contribution in [0, 0.1) is 17.0 Å². The molecular formula is C18H18N4O4. The Morgan fingerprint density at radius 2 is 1.73 bits per heavy atom. The van der Waals surface area contributed by atoms with Gasteiger partial charge in [-0.25, -0.2) is 5.43 Å². The number of hydrazone groups is 1. The monoisotopic (exact) mass is 354 g/mol. The zero-order valence-electron chi connectivity index (χ0n) is 14.6. The zero-order valence-corrected chi connectivity index (χ0v) is 14.6. The highest BCUT2D eigenvalue weighted by Crippen LogP contribution is 2.21. The summed E-state index contributed by atoms with van der Waals surface area (Å²) in [5.74, 6) is -0.692. The summed E-state index contributed by atoms with van der Waals surface area (Å²) in [5, 5.41) is 17.7. The summed E-state index contributed by atoms with van der Waals surface area (Å²) >= 11 is 0. The summed E-state index contributed by atoms with van der Waals surface area (Å²) in [6.45, 7) is 4.66. The van der Waals surface area contributed by atoms with E-state index in [9.17, 15) is 19.7 Å². The van der Waals surface area contributed by atoms with Gasteiger partial charge in [0.25, 0.3) is 11.6 Å². The molecule has 0 unspecified atom stereocenters. The number of nitro groups is 1. The average Bonchev–Trinajstić information content (AvgIpc) is 2.59. The van der Waals surface area contributed by atoms with Gasteiger partial charge in [-0.3, -0.25) is 19.7 Å². The van der Waals surface area contributed by atoms with Crippen LogP contribution in [-0.2, 0) is 4.79 Å². The maximum Gasteiger partial charge on any atom is 0.273 e. The second-order valence-corrected chi connectivity index (χ2v) is 5.60. The molecule has 0 aliphatic rings. The number of benzene rings is 2. The fourth-order valence-corrected chi connectivity index (χ4v) is 2.32. The van der Waals surface area contributed by atoms with Gasteiger partial charge in [-0.1, -0.05) is 18.2 Å². The van der Waals surface area contributed by atoms with Crippen LogP contribution in [0.15, 0.2) is 47.6 Å². The Morgan fingerprint density at radius 1 is 1.08 bits per heavy atom. The average molecular weight is 354 g/mol. The molecule has 0 heterocycles. The van der Waals surface area contributed by atoms with E-state index < -0.39 is 10.8 Å². The summed E-state index contributed by atoms with van der Waals surface area (Å²) in [7, 11) is 0. The molecule has 0 saturated carbocycles. The normalized spacial score (nSPS) is 11.0. The molecule has 8 heteroatoms. The van der Waals surface area contributed by atoms with Crippen LogP contribution >= 0.6 is 0 Å². The highest BCUT2D eigenvalue weighted by atomic mass is 16.6. The van der Waals surface area contributed by atoms with Crippen molar-refractivity contribution in [3.05, 3.63) is 69.3 Å². The van der Waals surface area contributed by atoms with E-state index in [2.05, 4.69) is 15.8 Å². The molecule has 0 aliphatic carbocycles. The fraction of sp³-hybridized carbons (Fsp3) is 0.167. The molecule has 0 aliphatic heterocycles. The third-order valence-corrected chi connectivity index (χ3v) is 3.69. The topological polar surface area (TPSA) is 114 Å². The van der Waals surface area contributed by atoms with Crippen LogP contribution in [0.25, 0.3) is 0 Å². The molecule has 8 nitrogen and oxygen atoms in total. The predicted molar refractivity (Wildman–Crippen MR) is 98.3 cm³/mol. The number of hydrogen-bond donors (Lipinski definition) is 2. The molecule has 0 bridgehead atoms. The van der Waals surface area contributed by atoms with Crippen molar-refractivity contribution >= 4 is 28.9 Å². The van der Waals surface area contributed by atoms with Crippen LogP contribution in [0.4, 0.5) is 11.4 Å². The van der Waals surface area contributed by atoms with Gasteiger partial charge in [0.1, 0.15) is 0 Å². The first-order chi connectivity index (χ1) is 12.3. The lowest BCUT2D eigenvalue weighted by molar-refractivity contribution is -0.385. The van der Waals surface area contributed by atoms with Crippen molar-refractivity contribution in [1.29, 1.82) is 0 Å². The maximum absolute atomic E-state index is 12.3. The Hall–Kier alpha value is -3.55. The molecule has 0 fully saturated rings. The quantitative estimate of drug-likeness (QED) is 0.488. The summed E-state index contributed by atoms with van der Waals surface area (Å²) in [5.41, 5.74) is 4.73. The summed E-state index contributed by atoms with van der Waals surface area (Å²) in [6, 6.07) is 11.3. The minimum absolute atomic E-state index is 0.119. The first kappa shape index (κ1) is 18.8. The lowest BCUT2D eigenvalue weighted by atomic mass is 10.1. The Labute approximate surface area is 150 Å². The molecular weight excluding hydrogens is 336 g/mol. The maximum atomic E-state index is 12.3. The molecule has 2 rings (SSSR count). The molecule has 0 spiro atoms. The van der Waals surface area contributed by atoms with Crippen LogP contribution in [0.5, 0.6) is 0 Å². The molecule has 26 heavy (non-hydrogen) atoms. The van der Waals surface area contributed by atoms with Gasteiger partial charge in [-0.2, -0.15) is 5.10 Å². The minimum Gasteiger partial charge on any atom is -0.326 e. The molecule has 0 atom stereocenters. The van der Waals surface area contributed by atoms with E-state index in [0.29, 0.717) is 11.4 Å². The summed E-state index contributed by atoms with van der Waals surface area (Å²) < 4.78 is 0. The van der Waals surface area contributed by atoms with Gasteiger partial charge in [0.15, 0.2) is 0 Å². The number of carbonyl (C=O) groups is 2. The van der Waals surface area contributed by atoms with Gasteiger partial charge in [0.2, 0.25) is 5.91 Å². The van der Waals surface area contributed by atoms with Crippen molar-refractivity contribution in [1.82, 2.24) is 5.43 Å². The Bertz CT molecular complexity index is 889. The van der Waals surface area contributed by atoms with E-state index in [1.807, 2.05) is 0 Å². The molecule has 0 saturated heterocycles. The van der Waals surface area contributed by atoms with Gasteiger partial charge in [-0.15, -0.1) is 0 Å². The van der Waals surface area contributed by atoms with Crippen molar-refractivity contribution in [2.75, 3.05) is 5.32 Å². The smallest absolute Gasteiger partial charge is 0.273 e. The Balaban J connectivity index is 2.13. The summed E-state index contributed by atoms with van der Waals surface area (Å²) in [6.07, 6.45) is 0. The van der Waals surface area contributed by atoms with E-state index in [4.69, 9.17) is 0 Å². The second kappa shape index (κ2) is 8.02. The SMILES string of the molecule is CC(=O)Nc1ccc(/C(C)=N\NC(=O)c2cccc([N+](=O)[O-])c2C)cc1. The number of nitrogens with one attached hydrogen (secondary N) is 2. The Kier molecular flexibility index (Phi) is 5.79. The molecule has 2 N–H and O–H groups in total. The van der Waals surface area contributed by atoms with Crippen LogP contribution in [0.3, 0.4) is 0 Å². The highest BCUT2D eigenvalue weighted by molar-refractivity contribution is 6.02. The highest BCUT2D eigenvalue weighted by Gasteiger charge is 2.17. The van der Waals surface area contributed by atoms with Crippen LogP contribution < -0.4 is 10.7 Å². The van der Waals surface area contributed by atoms with Crippen molar-refractivity contribution in [3.63, 3.8) is 0 Å². The minimum atomic E-state index is -0.530. The van der Waals surface area contributed by atoms with Crippen LogP contribution in [0.1, 0.15) is 35.3 Å². The molecule has 0 radical (unpaired) electrons.